The first-order valence-corrected chi connectivity index (χ1v) is 19.9. The Morgan fingerprint density at radius 1 is 0.298 bits per heavy atom. The zero-order valence-corrected chi connectivity index (χ0v) is 31.5. The van der Waals surface area contributed by atoms with E-state index in [2.05, 4.69) is 182 Å². The van der Waals surface area contributed by atoms with E-state index in [0.717, 1.165) is 66.5 Å². The standard InChI is InChI=1S/C52H32N4S/c1-4-14-33(15-5-1)36-20-12-22-38(30-36)50-54-51(39-23-13-21-37(31-39)34-16-6-2-7-17-34)56-52(55-50)40-26-29-46-44(32-40)41-27-28-43-47(49(41)57-46)42-24-10-11-25-45(42)53-48(43)35-18-8-3-9-19-35/h1-32H. The molecule has 11 aromatic rings. The maximum atomic E-state index is 5.19. The molecule has 11 rings (SSSR count). The van der Waals surface area contributed by atoms with Gasteiger partial charge in [0.25, 0.3) is 0 Å². The molecule has 3 heterocycles. The van der Waals surface area contributed by atoms with E-state index in [4.69, 9.17) is 19.9 Å². The molecule has 0 saturated heterocycles. The summed E-state index contributed by atoms with van der Waals surface area (Å²) in [5.74, 6) is 1.89. The van der Waals surface area contributed by atoms with Crippen LogP contribution >= 0.6 is 11.3 Å². The molecular formula is C52H32N4S. The average molecular weight is 745 g/mol. The van der Waals surface area contributed by atoms with Crippen molar-refractivity contribution in [3.63, 3.8) is 0 Å². The third-order valence-corrected chi connectivity index (χ3v) is 11.9. The van der Waals surface area contributed by atoms with Crippen LogP contribution in [0.1, 0.15) is 0 Å². The van der Waals surface area contributed by atoms with Gasteiger partial charge in [-0.05, 0) is 58.7 Å². The molecule has 3 aromatic heterocycles. The minimum Gasteiger partial charge on any atom is -0.247 e. The van der Waals surface area contributed by atoms with Crippen LogP contribution in [0.4, 0.5) is 0 Å². The highest BCUT2D eigenvalue weighted by Gasteiger charge is 2.18. The van der Waals surface area contributed by atoms with E-state index in [1.165, 1.54) is 25.6 Å². The van der Waals surface area contributed by atoms with Crippen molar-refractivity contribution in [2.24, 2.45) is 0 Å². The van der Waals surface area contributed by atoms with Crippen LogP contribution < -0.4 is 0 Å². The second kappa shape index (κ2) is 13.7. The third-order valence-electron chi connectivity index (χ3n) is 10.7. The minimum absolute atomic E-state index is 0.631. The van der Waals surface area contributed by atoms with Gasteiger partial charge in [-0.15, -0.1) is 11.3 Å². The van der Waals surface area contributed by atoms with E-state index in [9.17, 15) is 0 Å². The fourth-order valence-corrected chi connectivity index (χ4v) is 9.17. The molecule has 4 nitrogen and oxygen atoms in total. The van der Waals surface area contributed by atoms with Gasteiger partial charge in [-0.3, -0.25) is 0 Å². The highest BCUT2D eigenvalue weighted by molar-refractivity contribution is 7.26. The predicted molar refractivity (Wildman–Crippen MR) is 238 cm³/mol. The minimum atomic E-state index is 0.631. The zero-order valence-electron chi connectivity index (χ0n) is 30.7. The van der Waals surface area contributed by atoms with Crippen LogP contribution in [0.3, 0.4) is 0 Å². The number of nitrogens with zero attached hydrogens (tertiary/aromatic N) is 4. The SMILES string of the molecule is c1ccc(-c2cccc(-c3nc(-c4cccc(-c5ccccc5)c4)nc(-c4ccc5sc6c(ccc7c(-c8ccccc8)nc8ccccc8c76)c5c4)n3)c2)cc1. The van der Waals surface area contributed by atoms with Gasteiger partial charge in [0.05, 0.1) is 11.2 Å². The Morgan fingerprint density at radius 2 is 0.789 bits per heavy atom. The third kappa shape index (κ3) is 5.93. The van der Waals surface area contributed by atoms with Crippen LogP contribution in [0.15, 0.2) is 194 Å². The van der Waals surface area contributed by atoms with Gasteiger partial charge in [-0.2, -0.15) is 0 Å². The van der Waals surface area contributed by atoms with Gasteiger partial charge in [-0.1, -0.05) is 158 Å². The lowest BCUT2D eigenvalue weighted by Crippen LogP contribution is -2.00. The van der Waals surface area contributed by atoms with Crippen LogP contribution in [0, 0.1) is 0 Å². The summed E-state index contributed by atoms with van der Waals surface area (Å²) in [4.78, 5) is 20.7. The van der Waals surface area contributed by atoms with Crippen LogP contribution in [-0.4, -0.2) is 19.9 Å². The molecule has 0 spiro atoms. The Kier molecular flexibility index (Phi) is 7.97. The molecule has 5 heteroatoms. The molecule has 0 amide bonds. The largest absolute Gasteiger partial charge is 0.247 e. The lowest BCUT2D eigenvalue weighted by molar-refractivity contribution is 1.07. The normalized spacial score (nSPS) is 11.5. The second-order valence-corrected chi connectivity index (χ2v) is 15.3. The molecule has 0 fully saturated rings. The molecule has 0 N–H and O–H groups in total. The summed E-state index contributed by atoms with van der Waals surface area (Å²) in [5, 5.41) is 5.94. The van der Waals surface area contributed by atoms with Gasteiger partial charge in [0.1, 0.15) is 0 Å². The number of fused-ring (bicyclic) bond motifs is 7. The molecule has 0 bridgehead atoms. The molecule has 0 aliphatic rings. The number of hydrogen-bond donors (Lipinski definition) is 0. The molecular weight excluding hydrogens is 713 g/mol. The fourth-order valence-electron chi connectivity index (χ4n) is 7.92. The molecule has 0 aliphatic heterocycles. The van der Waals surface area contributed by atoms with Gasteiger partial charge in [0.15, 0.2) is 17.5 Å². The molecule has 57 heavy (non-hydrogen) atoms. The van der Waals surface area contributed by atoms with Crippen molar-refractivity contribution in [2.75, 3.05) is 0 Å². The average Bonchev–Trinajstić information content (AvgIpc) is 3.68. The Morgan fingerprint density at radius 3 is 1.40 bits per heavy atom. The van der Waals surface area contributed by atoms with E-state index in [0.29, 0.717) is 17.5 Å². The summed E-state index contributed by atoms with van der Waals surface area (Å²) in [6.45, 7) is 0. The summed E-state index contributed by atoms with van der Waals surface area (Å²) >= 11 is 1.83. The second-order valence-electron chi connectivity index (χ2n) is 14.2. The molecule has 266 valence electrons. The van der Waals surface area contributed by atoms with E-state index >= 15 is 0 Å². The van der Waals surface area contributed by atoms with Crippen molar-refractivity contribution in [3.8, 4) is 67.7 Å². The summed E-state index contributed by atoms with van der Waals surface area (Å²) in [7, 11) is 0. The van der Waals surface area contributed by atoms with E-state index in [1.54, 1.807) is 0 Å². The van der Waals surface area contributed by atoms with Crippen molar-refractivity contribution < 1.29 is 0 Å². The lowest BCUT2D eigenvalue weighted by Gasteiger charge is -2.11. The number of hydrogen-bond acceptors (Lipinski definition) is 5. The molecule has 0 aliphatic carbocycles. The number of para-hydroxylation sites is 1. The van der Waals surface area contributed by atoms with Crippen molar-refractivity contribution >= 4 is 53.2 Å². The Hall–Kier alpha value is -7.34. The quantitative estimate of drug-likeness (QED) is 0.159. The molecule has 8 aromatic carbocycles. The van der Waals surface area contributed by atoms with Gasteiger partial charge in [-0.25, -0.2) is 19.9 Å². The van der Waals surface area contributed by atoms with Crippen LogP contribution in [0.5, 0.6) is 0 Å². The van der Waals surface area contributed by atoms with Crippen molar-refractivity contribution in [1.29, 1.82) is 0 Å². The topological polar surface area (TPSA) is 51.6 Å². The number of thiophene rings is 1. The molecule has 0 radical (unpaired) electrons. The van der Waals surface area contributed by atoms with Crippen LogP contribution in [0.25, 0.3) is 110 Å². The first kappa shape index (κ1) is 33.0. The van der Waals surface area contributed by atoms with Crippen molar-refractivity contribution in [3.05, 3.63) is 194 Å². The monoisotopic (exact) mass is 744 g/mol. The van der Waals surface area contributed by atoms with Crippen molar-refractivity contribution in [1.82, 2.24) is 19.9 Å². The van der Waals surface area contributed by atoms with E-state index < -0.39 is 0 Å². The first-order chi connectivity index (χ1) is 28.2. The lowest BCUT2D eigenvalue weighted by atomic mass is 9.98. The van der Waals surface area contributed by atoms with Gasteiger partial charge < -0.3 is 0 Å². The van der Waals surface area contributed by atoms with Gasteiger partial charge in [0.2, 0.25) is 0 Å². The highest BCUT2D eigenvalue weighted by Crippen LogP contribution is 2.44. The predicted octanol–water partition coefficient (Wildman–Crippen LogP) is 13.9. The summed E-state index contributed by atoms with van der Waals surface area (Å²) in [5.41, 5.74) is 10.4. The summed E-state index contributed by atoms with van der Waals surface area (Å²) < 4.78 is 2.46. The van der Waals surface area contributed by atoms with Gasteiger partial charge >= 0.3 is 0 Å². The number of benzene rings is 8. The van der Waals surface area contributed by atoms with E-state index in [-0.39, 0.29) is 0 Å². The number of aromatic nitrogens is 4. The molecule has 0 atom stereocenters. The van der Waals surface area contributed by atoms with Gasteiger partial charge in [0, 0.05) is 58.6 Å². The Balaban J connectivity index is 1.11. The van der Waals surface area contributed by atoms with E-state index in [1.807, 2.05) is 23.5 Å². The Bertz CT molecular complexity index is 3180. The van der Waals surface area contributed by atoms with Crippen LogP contribution in [0.2, 0.25) is 0 Å². The summed E-state index contributed by atoms with van der Waals surface area (Å²) in [6.07, 6.45) is 0. The number of rotatable bonds is 6. The van der Waals surface area contributed by atoms with Crippen LogP contribution in [-0.2, 0) is 0 Å². The zero-order chi connectivity index (χ0) is 37.7. The van der Waals surface area contributed by atoms with Crippen molar-refractivity contribution in [2.45, 2.75) is 0 Å². The molecule has 0 unspecified atom stereocenters. The maximum absolute atomic E-state index is 5.19. The highest BCUT2D eigenvalue weighted by atomic mass is 32.1. The molecule has 0 saturated carbocycles. The summed E-state index contributed by atoms with van der Waals surface area (Å²) in [6, 6.07) is 67.9. The number of pyridine rings is 1. The maximum Gasteiger partial charge on any atom is 0.164 e. The smallest absolute Gasteiger partial charge is 0.164 e. The first-order valence-electron chi connectivity index (χ1n) is 19.0. The fraction of sp³-hybridized carbons (Fsp3) is 0. The Labute approximate surface area is 333 Å².